The van der Waals surface area contributed by atoms with Gasteiger partial charge in [-0.25, -0.2) is 33.6 Å². The van der Waals surface area contributed by atoms with Crippen molar-refractivity contribution >= 4 is 96.8 Å². The van der Waals surface area contributed by atoms with Gasteiger partial charge in [-0.05, 0) is 161 Å². The molecule has 39 heteroatoms. The Labute approximate surface area is 790 Å². The number of rotatable bonds is 30. The van der Waals surface area contributed by atoms with E-state index in [1.165, 1.54) is 13.8 Å². The monoisotopic (exact) mass is 1910 g/mol. The van der Waals surface area contributed by atoms with E-state index >= 15 is 0 Å². The topological polar surface area (TPSA) is 485 Å². The van der Waals surface area contributed by atoms with Crippen LogP contribution in [0.1, 0.15) is 127 Å². The van der Waals surface area contributed by atoms with Gasteiger partial charge in [-0.15, -0.1) is 0 Å². The highest BCUT2D eigenvalue weighted by molar-refractivity contribution is 5.85. The first-order chi connectivity index (χ1) is 65.4. The Balaban J connectivity index is 0.000000189. The van der Waals surface area contributed by atoms with E-state index in [0.29, 0.717) is 6.42 Å². The maximum atomic E-state index is 13.0. The predicted molar refractivity (Wildman–Crippen MR) is 467 cm³/mol. The minimum Gasteiger partial charge on any atom is -0.464 e. The van der Waals surface area contributed by atoms with Crippen LogP contribution in [0.3, 0.4) is 0 Å². The molecule has 0 amide bonds. The second kappa shape index (κ2) is 43.1. The molecule has 138 heavy (non-hydrogen) atoms. The minimum atomic E-state index is -1.24. The Hall–Kier alpha value is -15.3. The van der Waals surface area contributed by atoms with Crippen molar-refractivity contribution in [3.05, 3.63) is 221 Å². The van der Waals surface area contributed by atoms with Gasteiger partial charge < -0.3 is 109 Å². The number of carbonyl (C=O) groups excluding carboxylic acids is 16. The molecule has 14 rings (SSSR count). The molecule has 7 saturated heterocycles. The zero-order valence-corrected chi connectivity index (χ0v) is 77.1. The van der Waals surface area contributed by atoms with Gasteiger partial charge in [-0.1, -0.05) is 135 Å². The lowest BCUT2D eigenvalue weighted by Crippen LogP contribution is -2.47. The van der Waals surface area contributed by atoms with Crippen molar-refractivity contribution in [2.45, 2.75) is 113 Å². The average Bonchev–Trinajstić information content (AvgIpc) is 0.756. The molecule has 0 atom stereocenters. The first-order valence-electron chi connectivity index (χ1n) is 43.4. The normalized spacial score (nSPS) is 17.9. The smallest absolute Gasteiger partial charge is 0.464 e. The van der Waals surface area contributed by atoms with Crippen LogP contribution >= 0.6 is 0 Å². The molecule has 7 aliphatic rings. The Kier molecular flexibility index (Phi) is 31.8. The fraction of sp³-hybridized carbons (Fsp3) is 0.414. The van der Waals surface area contributed by atoms with Gasteiger partial charge in [0, 0.05) is 22.7 Å². The fourth-order valence-electron chi connectivity index (χ4n) is 14.2. The van der Waals surface area contributed by atoms with Crippen LogP contribution < -0.4 is 23.7 Å². The van der Waals surface area contributed by atoms with Crippen molar-refractivity contribution in [2.24, 2.45) is 43.3 Å². The number of esters is 9. The van der Waals surface area contributed by atoms with E-state index in [9.17, 15) is 76.7 Å². The van der Waals surface area contributed by atoms with Crippen LogP contribution in [0.15, 0.2) is 182 Å². The lowest BCUT2D eigenvalue weighted by Gasteiger charge is -2.34. The molecule has 7 fully saturated rings. The molecule has 0 N–H and O–H groups in total. The Morgan fingerprint density at radius 2 is 0.464 bits per heavy atom. The van der Waals surface area contributed by atoms with E-state index in [4.69, 9.17) is 109 Å². The Bertz CT molecular complexity index is 5220. The molecule has 7 aromatic carbocycles. The zero-order valence-electron chi connectivity index (χ0n) is 77.1. The van der Waals surface area contributed by atoms with Crippen molar-refractivity contribution in [1.29, 1.82) is 0 Å². The summed E-state index contributed by atoms with van der Waals surface area (Å²) >= 11 is 0. The van der Waals surface area contributed by atoms with Gasteiger partial charge in [0.1, 0.15) is 186 Å². The third-order valence-corrected chi connectivity index (χ3v) is 23.9. The molecule has 0 aromatic heterocycles. The highest BCUT2D eigenvalue weighted by atomic mass is 16.8. The van der Waals surface area contributed by atoms with E-state index in [1.807, 2.05) is 62.4 Å². The summed E-state index contributed by atoms with van der Waals surface area (Å²) in [4.78, 5) is 195. The maximum absolute atomic E-state index is 13.0. The summed E-state index contributed by atoms with van der Waals surface area (Å²) in [6, 6.07) is 52.8. The standard InChI is InChI=1S/C38H36O15.C36H36O12.C25H30O12/c1-35(17-45-32(42)46-18-35)29(39)51-26-11-5-23(6-12-26)38(4,24-7-13-27(14-8-24)52-30(40)36(2)19-47-33(43)48-20-36)25-9-15-28(16-10-25)53-31(41)37(3)21-49-34(44)50-22-37;1-34(20-43-32(40)44-21-34)30(38)47-27-13-9-25(10-14-27)36(3,18-17-29(37)42-19-24-7-5-4-6-8-24)26-11-15-28(16-12-26)48-31(39)35(2)22-45-33(41)46-23-35;1-23(9-18(26)31-10-17-7-5-4-6-8-17,11-32-19(27)24(2)13-34-21(29)35-14-24)12-33-20(28)25(3)15-36-22(30)37-16-25/h5-16H,17-22H2,1-4H3;4-16H,17-23H2,1-3H3;4-8H,9-16H2,1-3H3. The van der Waals surface area contributed by atoms with E-state index in [2.05, 4.69) is 0 Å². The van der Waals surface area contributed by atoms with Gasteiger partial charge in [0.05, 0.1) is 6.42 Å². The Morgan fingerprint density at radius 1 is 0.261 bits per heavy atom. The number of benzene rings is 7. The van der Waals surface area contributed by atoms with Crippen LogP contribution in [0.2, 0.25) is 0 Å². The summed E-state index contributed by atoms with van der Waals surface area (Å²) < 4.78 is 118. The second-order valence-corrected chi connectivity index (χ2v) is 36.7. The maximum Gasteiger partial charge on any atom is 0.508 e. The van der Waals surface area contributed by atoms with Crippen molar-refractivity contribution in [3.63, 3.8) is 0 Å². The highest BCUT2D eigenvalue weighted by Crippen LogP contribution is 2.44. The highest BCUT2D eigenvalue weighted by Gasteiger charge is 2.50. The minimum absolute atomic E-state index is 0.0386. The number of carbonyl (C=O) groups is 16. The zero-order chi connectivity index (χ0) is 99.5. The lowest BCUT2D eigenvalue weighted by atomic mass is 9.71. The van der Waals surface area contributed by atoms with E-state index in [0.717, 1.165) is 38.9 Å². The fourth-order valence-corrected chi connectivity index (χ4v) is 14.2. The van der Waals surface area contributed by atoms with E-state index < -0.39 is 145 Å². The third kappa shape index (κ3) is 25.6. The second-order valence-electron chi connectivity index (χ2n) is 36.7. The van der Waals surface area contributed by atoms with Crippen LogP contribution in [0.4, 0.5) is 33.6 Å². The quantitative estimate of drug-likeness (QED) is 0.0175. The lowest BCUT2D eigenvalue weighted by molar-refractivity contribution is -0.178. The van der Waals surface area contributed by atoms with Gasteiger partial charge in [-0.2, -0.15) is 0 Å². The molecule has 7 heterocycles. The van der Waals surface area contributed by atoms with Crippen molar-refractivity contribution in [3.8, 4) is 28.7 Å². The number of hydrogen-bond donors (Lipinski definition) is 0. The summed E-state index contributed by atoms with van der Waals surface area (Å²) in [6.07, 6.45) is -5.76. The van der Waals surface area contributed by atoms with Gasteiger partial charge in [0.15, 0.2) is 0 Å². The van der Waals surface area contributed by atoms with E-state index in [1.54, 1.807) is 175 Å². The summed E-state index contributed by atoms with van der Waals surface area (Å²) in [6.45, 7) is 13.4. The predicted octanol–water partition coefficient (Wildman–Crippen LogP) is 13.5. The summed E-state index contributed by atoms with van der Waals surface area (Å²) in [5.41, 5.74) is -5.51. The molecule has 7 aliphatic heterocycles. The van der Waals surface area contributed by atoms with Crippen LogP contribution in [0, 0.1) is 43.3 Å². The number of hydrogen-bond acceptors (Lipinski definition) is 39. The molecule has 0 unspecified atom stereocenters. The van der Waals surface area contributed by atoms with E-state index in [-0.39, 0.29) is 166 Å². The van der Waals surface area contributed by atoms with Gasteiger partial charge in [0.25, 0.3) is 0 Å². The molecule has 0 aliphatic carbocycles. The van der Waals surface area contributed by atoms with Gasteiger partial charge in [0.2, 0.25) is 0 Å². The molecule has 7 aromatic rings. The third-order valence-electron chi connectivity index (χ3n) is 23.9. The molecule has 0 bridgehead atoms. The van der Waals surface area contributed by atoms with Gasteiger partial charge >= 0.3 is 96.8 Å². The number of ether oxygens (including phenoxy) is 23. The molecule has 0 saturated carbocycles. The molecule has 0 spiro atoms. The van der Waals surface area contributed by atoms with Crippen molar-refractivity contribution in [2.75, 3.05) is 106 Å². The van der Waals surface area contributed by atoms with Crippen LogP contribution in [-0.4, -0.2) is 203 Å². The summed E-state index contributed by atoms with van der Waals surface area (Å²) in [5.74, 6) is -4.19. The molecule has 732 valence electrons. The van der Waals surface area contributed by atoms with Crippen LogP contribution in [0.5, 0.6) is 28.7 Å². The molecular weight excluding hydrogens is 1810 g/mol. The first-order valence-corrected chi connectivity index (χ1v) is 43.4. The first kappa shape index (κ1) is 102. The van der Waals surface area contributed by atoms with Crippen molar-refractivity contribution in [1.82, 2.24) is 0 Å². The number of cyclic esters (lactones) is 14. The summed E-state index contributed by atoms with van der Waals surface area (Å²) in [5, 5.41) is 0. The SMILES string of the molecule is CC(COC(=O)C1(C)COC(=O)OC1)(COC(=O)C1(C)COC(=O)OC1)CC(=O)OCc1ccccc1.CC1(C(=O)Oc2ccc(C(C)(CCC(=O)OCc3ccccc3)c3ccc(OC(=O)C4(C)COC(=O)OC4)cc3)cc2)COC(=O)OC1.CC1(C(=O)Oc2ccc(C(C)(c3ccc(OC(=O)C4(C)COC(=O)OC4)cc3)c3ccc(OC(=O)C4(C)COC(=O)OC4)cc3)cc2)COC(=O)OC1. The summed E-state index contributed by atoms with van der Waals surface area (Å²) in [7, 11) is 0. The largest absolute Gasteiger partial charge is 0.508 e. The van der Waals surface area contributed by atoms with Gasteiger partial charge in [-0.3, -0.25) is 43.2 Å². The average molecular weight is 1920 g/mol. The molecule has 0 radical (unpaired) electrons. The molecule has 39 nitrogen and oxygen atoms in total. The molecular formula is C99H102O39. The van der Waals surface area contributed by atoms with Crippen LogP contribution in [-0.2, 0) is 152 Å². The Morgan fingerprint density at radius 3 is 0.688 bits per heavy atom. The van der Waals surface area contributed by atoms with Crippen LogP contribution in [0.25, 0.3) is 0 Å². The van der Waals surface area contributed by atoms with Crippen molar-refractivity contribution < 1.29 is 186 Å².